The number of rotatable bonds is 7. The van der Waals surface area contributed by atoms with Crippen LogP contribution in [0.3, 0.4) is 0 Å². The predicted molar refractivity (Wildman–Crippen MR) is 50.9 cm³/mol. The molecule has 9 heteroatoms. The fourth-order valence-corrected chi connectivity index (χ4v) is 1.64. The summed E-state index contributed by atoms with van der Waals surface area (Å²) in [5.41, 5.74) is 2.42. The topological polar surface area (TPSA) is 83.6 Å². The highest BCUT2D eigenvalue weighted by atomic mass is 35.5. The Balaban J connectivity index is 3.93. The van der Waals surface area contributed by atoms with E-state index in [1.807, 2.05) is 0 Å². The van der Waals surface area contributed by atoms with Gasteiger partial charge in [0.2, 0.25) is 0 Å². The van der Waals surface area contributed by atoms with Gasteiger partial charge in [-0.25, -0.2) is 27.3 Å². The minimum Gasteiger partial charge on any atom is -0.239 e. The van der Waals surface area contributed by atoms with Crippen LogP contribution in [0.4, 0.5) is 0 Å². The lowest BCUT2D eigenvalue weighted by molar-refractivity contribution is 0.252. The number of hydrogen-bond acceptors (Lipinski definition) is 6. The van der Waals surface area contributed by atoms with Gasteiger partial charge in [0.15, 0.2) is 21.4 Å². The molecule has 0 unspecified atom stereocenters. The van der Waals surface area contributed by atoms with Crippen molar-refractivity contribution in [2.24, 2.45) is 0 Å². The first-order valence-electron chi connectivity index (χ1n) is 3.34. The molecule has 0 bridgehead atoms. The smallest absolute Gasteiger partial charge is 0.154 e. The van der Waals surface area contributed by atoms with Gasteiger partial charge in [-0.05, 0) is 0 Å². The number of hydrogen-bond donors (Lipinski definition) is 3. The van der Waals surface area contributed by atoms with E-state index >= 15 is 0 Å². The molecule has 6 nitrogen and oxygen atoms in total. The number of hydrazine groups is 1. The van der Waals surface area contributed by atoms with Crippen LogP contribution in [0, 0.1) is 0 Å². The SMILES string of the molecule is O=[SH](=O)CNN(CCCl)C[SH](=O)=O. The number of alkyl halides is 1. The molecule has 0 amide bonds. The maximum atomic E-state index is 10.3. The van der Waals surface area contributed by atoms with Crippen molar-refractivity contribution in [2.45, 2.75) is 0 Å². The molecule has 0 heterocycles. The van der Waals surface area contributed by atoms with Crippen LogP contribution >= 0.6 is 11.6 Å². The van der Waals surface area contributed by atoms with Crippen molar-refractivity contribution in [3.05, 3.63) is 0 Å². The average Bonchev–Trinajstić information content (AvgIpc) is 1.99. The highest BCUT2D eigenvalue weighted by Crippen LogP contribution is 1.85. The molecule has 0 aliphatic carbocycles. The lowest BCUT2D eigenvalue weighted by Gasteiger charge is -2.17. The van der Waals surface area contributed by atoms with Gasteiger partial charge in [0.05, 0.1) is 0 Å². The molecular weight excluding hydrogens is 240 g/mol. The van der Waals surface area contributed by atoms with Crippen LogP contribution in [0.5, 0.6) is 0 Å². The van der Waals surface area contributed by atoms with Crippen LogP contribution in [-0.4, -0.2) is 46.0 Å². The molecule has 0 radical (unpaired) electrons. The maximum absolute atomic E-state index is 10.3. The van der Waals surface area contributed by atoms with E-state index in [0.717, 1.165) is 0 Å². The summed E-state index contributed by atoms with van der Waals surface area (Å²) in [5.74, 6) is -0.299. The number of halogens is 1. The van der Waals surface area contributed by atoms with Crippen LogP contribution in [-0.2, 0) is 21.4 Å². The van der Waals surface area contributed by atoms with Crippen molar-refractivity contribution in [3.63, 3.8) is 0 Å². The fourth-order valence-electron chi connectivity index (χ4n) is 0.599. The Hall–Kier alpha value is 0.110. The molecule has 80 valence electrons. The largest absolute Gasteiger partial charge is 0.239 e. The Kier molecular flexibility index (Phi) is 7.57. The molecule has 0 rings (SSSR count). The van der Waals surface area contributed by atoms with Crippen molar-refractivity contribution < 1.29 is 16.8 Å². The third-order valence-electron chi connectivity index (χ3n) is 1.06. The summed E-state index contributed by atoms with van der Waals surface area (Å²) in [6, 6.07) is 0. The lowest BCUT2D eigenvalue weighted by Crippen LogP contribution is -2.41. The molecule has 0 fully saturated rings. The van der Waals surface area contributed by atoms with Crippen molar-refractivity contribution in [2.75, 3.05) is 24.2 Å². The molecule has 1 N–H and O–H groups in total. The minimum absolute atomic E-state index is 0.228. The average molecular weight is 251 g/mol. The van der Waals surface area contributed by atoms with Gasteiger partial charge in [0, 0.05) is 12.4 Å². The zero-order chi connectivity index (χ0) is 10.3. The summed E-state index contributed by atoms with van der Waals surface area (Å²) in [7, 11) is -5.14. The van der Waals surface area contributed by atoms with Gasteiger partial charge in [-0.15, -0.1) is 11.6 Å². The first-order valence-corrected chi connectivity index (χ1v) is 6.60. The van der Waals surface area contributed by atoms with Crippen LogP contribution in [0.15, 0.2) is 0 Å². The normalized spacial score (nSPS) is 11.7. The van der Waals surface area contributed by atoms with Gasteiger partial charge in [-0.3, -0.25) is 0 Å². The molecule has 0 aromatic rings. The summed E-state index contributed by atoms with van der Waals surface area (Å²) in [6.45, 7) is 0.272. The van der Waals surface area contributed by atoms with E-state index in [4.69, 9.17) is 11.6 Å². The standard InChI is InChI=1S/C4H11ClN2O4S2/c5-1-2-7(4-13(10)11)6-3-12(8)9/h6,12-13H,1-4H2. The molecule has 0 aromatic heterocycles. The monoisotopic (exact) mass is 250 g/mol. The molecule has 0 saturated heterocycles. The second kappa shape index (κ2) is 7.51. The molecule has 0 aliphatic rings. The van der Waals surface area contributed by atoms with E-state index < -0.39 is 21.4 Å². The van der Waals surface area contributed by atoms with Gasteiger partial charge in [-0.2, -0.15) is 0 Å². The highest BCUT2D eigenvalue weighted by Gasteiger charge is 2.03. The number of thiol groups is 2. The highest BCUT2D eigenvalue weighted by molar-refractivity contribution is 7.72. The summed E-state index contributed by atoms with van der Waals surface area (Å²) in [5, 5.41) is 1.24. The van der Waals surface area contributed by atoms with Crippen molar-refractivity contribution >= 4 is 33.0 Å². The van der Waals surface area contributed by atoms with Crippen LogP contribution in [0.25, 0.3) is 0 Å². The van der Waals surface area contributed by atoms with Crippen LogP contribution in [0.1, 0.15) is 0 Å². The Morgan fingerprint density at radius 1 is 1.15 bits per heavy atom. The molecule has 0 aromatic carbocycles. The molecule has 13 heavy (non-hydrogen) atoms. The van der Waals surface area contributed by atoms with Gasteiger partial charge in [-0.1, -0.05) is 0 Å². The van der Waals surface area contributed by atoms with E-state index in [2.05, 4.69) is 5.43 Å². The Bertz CT molecular complexity index is 261. The first-order chi connectivity index (χ1) is 6.06. The third kappa shape index (κ3) is 8.44. The van der Waals surface area contributed by atoms with Crippen molar-refractivity contribution in [1.82, 2.24) is 10.4 Å². The Morgan fingerprint density at radius 2 is 1.77 bits per heavy atom. The van der Waals surface area contributed by atoms with E-state index in [9.17, 15) is 16.8 Å². The zero-order valence-electron chi connectivity index (χ0n) is 6.68. The number of nitrogens with one attached hydrogen (secondary N) is 1. The van der Waals surface area contributed by atoms with Crippen molar-refractivity contribution in [1.29, 1.82) is 0 Å². The van der Waals surface area contributed by atoms with Gasteiger partial charge >= 0.3 is 0 Å². The second-order valence-electron chi connectivity index (χ2n) is 2.08. The van der Waals surface area contributed by atoms with Crippen LogP contribution < -0.4 is 5.43 Å². The maximum Gasteiger partial charge on any atom is 0.154 e. The zero-order valence-corrected chi connectivity index (χ0v) is 9.23. The van der Waals surface area contributed by atoms with Gasteiger partial charge in [0.1, 0.15) is 11.8 Å². The lowest BCUT2D eigenvalue weighted by atomic mass is 10.7. The summed E-state index contributed by atoms with van der Waals surface area (Å²) < 4.78 is 40.9. The Labute approximate surface area is 84.7 Å². The number of nitrogens with zero attached hydrogens (tertiary/aromatic N) is 1. The molecule has 0 atom stereocenters. The Morgan fingerprint density at radius 3 is 2.15 bits per heavy atom. The fraction of sp³-hybridized carbons (Fsp3) is 1.00. The first kappa shape index (κ1) is 13.1. The van der Waals surface area contributed by atoms with Crippen molar-refractivity contribution in [3.8, 4) is 0 Å². The summed E-state index contributed by atoms with van der Waals surface area (Å²) in [6.07, 6.45) is 0. The molecule has 0 saturated carbocycles. The predicted octanol–water partition coefficient (Wildman–Crippen LogP) is -1.83. The van der Waals surface area contributed by atoms with E-state index in [-0.39, 0.29) is 24.2 Å². The molecule has 0 aliphatic heterocycles. The molecule has 0 spiro atoms. The van der Waals surface area contributed by atoms with Gasteiger partial charge in [0.25, 0.3) is 0 Å². The summed E-state index contributed by atoms with van der Waals surface area (Å²) in [4.78, 5) is 0. The van der Waals surface area contributed by atoms with Crippen LogP contribution in [0.2, 0.25) is 0 Å². The van der Waals surface area contributed by atoms with E-state index in [1.165, 1.54) is 5.01 Å². The summed E-state index contributed by atoms with van der Waals surface area (Å²) >= 11 is 5.37. The third-order valence-corrected chi connectivity index (χ3v) is 2.21. The molecular formula is C4H11ClN2O4S2. The quantitative estimate of drug-likeness (QED) is 0.280. The van der Waals surface area contributed by atoms with E-state index in [1.54, 1.807) is 0 Å². The van der Waals surface area contributed by atoms with Gasteiger partial charge < -0.3 is 0 Å². The van der Waals surface area contributed by atoms with E-state index in [0.29, 0.717) is 0 Å². The minimum atomic E-state index is -2.57. The second-order valence-corrected chi connectivity index (χ2v) is 4.38.